The van der Waals surface area contributed by atoms with E-state index in [0.717, 1.165) is 12.0 Å². The van der Waals surface area contributed by atoms with Gasteiger partial charge in [-0.3, -0.25) is 0 Å². The van der Waals surface area contributed by atoms with Gasteiger partial charge in [-0.15, -0.1) is 0 Å². The van der Waals surface area contributed by atoms with Crippen LogP contribution in [0.4, 0.5) is 0 Å². The topological polar surface area (TPSA) is 47.9 Å². The largest absolute Gasteiger partial charge is 0.391 e. The fraction of sp³-hybridized carbons (Fsp3) is 0.600. The van der Waals surface area contributed by atoms with Gasteiger partial charge in [0.2, 0.25) is 0 Å². The zero-order valence-corrected chi connectivity index (χ0v) is 12.5. The summed E-state index contributed by atoms with van der Waals surface area (Å²) < 4.78 is 17.1. The lowest BCUT2D eigenvalue weighted by atomic mass is 10.1. The van der Waals surface area contributed by atoms with Crippen LogP contribution in [0.15, 0.2) is 24.3 Å². The molecule has 0 spiro atoms. The molecule has 1 saturated heterocycles. The zero-order valence-electron chi connectivity index (χ0n) is 11.8. The van der Waals surface area contributed by atoms with Crippen molar-refractivity contribution in [3.8, 4) is 0 Å². The number of aliphatic hydroxyl groups excluding tert-OH is 1. The Morgan fingerprint density at radius 2 is 2.20 bits per heavy atom. The van der Waals surface area contributed by atoms with Gasteiger partial charge in [0.1, 0.15) is 12.2 Å². The molecule has 2 rings (SSSR count). The maximum Gasteiger partial charge on any atom is 0.158 e. The van der Waals surface area contributed by atoms with E-state index in [0.29, 0.717) is 18.2 Å². The highest BCUT2D eigenvalue weighted by molar-refractivity contribution is 6.31. The van der Waals surface area contributed by atoms with Crippen molar-refractivity contribution in [1.29, 1.82) is 0 Å². The molecule has 1 unspecified atom stereocenters. The lowest BCUT2D eigenvalue weighted by Gasteiger charge is -2.37. The Labute approximate surface area is 124 Å². The van der Waals surface area contributed by atoms with Gasteiger partial charge in [-0.25, -0.2) is 0 Å². The number of halogens is 1. The fourth-order valence-corrected chi connectivity index (χ4v) is 2.38. The van der Waals surface area contributed by atoms with Crippen molar-refractivity contribution < 1.29 is 19.3 Å². The van der Waals surface area contributed by atoms with Crippen LogP contribution in [0.2, 0.25) is 5.02 Å². The van der Waals surface area contributed by atoms with Gasteiger partial charge in [-0.1, -0.05) is 36.7 Å². The number of benzene rings is 1. The smallest absolute Gasteiger partial charge is 0.158 e. The van der Waals surface area contributed by atoms with E-state index in [1.807, 2.05) is 31.2 Å². The van der Waals surface area contributed by atoms with E-state index in [9.17, 15) is 5.11 Å². The Hall–Kier alpha value is -0.650. The van der Waals surface area contributed by atoms with Crippen molar-refractivity contribution in [2.75, 3.05) is 6.61 Å². The van der Waals surface area contributed by atoms with E-state index < -0.39 is 6.10 Å². The van der Waals surface area contributed by atoms with Gasteiger partial charge in [0.05, 0.1) is 19.3 Å². The summed E-state index contributed by atoms with van der Waals surface area (Å²) in [5.74, 6) is 0. The molecular weight excluding hydrogens is 280 g/mol. The van der Waals surface area contributed by atoms with E-state index in [2.05, 4.69) is 0 Å². The molecule has 0 radical (unpaired) electrons. The Morgan fingerprint density at radius 3 is 2.85 bits per heavy atom. The number of rotatable bonds is 5. The summed E-state index contributed by atoms with van der Waals surface area (Å²) >= 11 is 6.09. The highest BCUT2D eigenvalue weighted by Gasteiger charge is 2.35. The monoisotopic (exact) mass is 300 g/mol. The van der Waals surface area contributed by atoms with Crippen LogP contribution in [0.3, 0.4) is 0 Å². The predicted molar refractivity (Wildman–Crippen MR) is 76.6 cm³/mol. The molecule has 0 aromatic heterocycles. The molecule has 0 amide bonds. The Morgan fingerprint density at radius 1 is 1.45 bits per heavy atom. The van der Waals surface area contributed by atoms with Crippen molar-refractivity contribution in [3.63, 3.8) is 0 Å². The molecule has 4 nitrogen and oxygen atoms in total. The molecule has 1 aromatic carbocycles. The van der Waals surface area contributed by atoms with E-state index >= 15 is 0 Å². The standard InChI is InChI=1S/C15H21ClO4/c1-3-14-19-9-13(15(20-14)10(2)17)18-8-11-6-4-5-7-12(11)16/h4-7,10,13-15,17H,3,8-9H2,1-2H3/t10?,13-,14+,15-/m0/s1. The fourth-order valence-electron chi connectivity index (χ4n) is 2.19. The molecule has 1 aliphatic heterocycles. The second-order valence-corrected chi connectivity index (χ2v) is 5.36. The predicted octanol–water partition coefficient (Wildman–Crippen LogP) is 2.76. The molecule has 1 N–H and O–H groups in total. The maximum absolute atomic E-state index is 9.83. The third-order valence-corrected chi connectivity index (χ3v) is 3.71. The Kier molecular flexibility index (Phi) is 5.81. The molecule has 1 aliphatic rings. The quantitative estimate of drug-likeness (QED) is 0.908. The first-order valence-corrected chi connectivity index (χ1v) is 7.29. The van der Waals surface area contributed by atoms with Crippen molar-refractivity contribution in [2.24, 2.45) is 0 Å². The first kappa shape index (κ1) is 15.7. The third-order valence-electron chi connectivity index (χ3n) is 3.34. The maximum atomic E-state index is 9.83. The van der Waals surface area contributed by atoms with Crippen LogP contribution in [0, 0.1) is 0 Å². The zero-order chi connectivity index (χ0) is 14.5. The number of ether oxygens (including phenoxy) is 3. The molecule has 0 aliphatic carbocycles. The van der Waals surface area contributed by atoms with Crippen molar-refractivity contribution in [3.05, 3.63) is 34.9 Å². The summed E-state index contributed by atoms with van der Waals surface area (Å²) in [6, 6.07) is 7.54. The average Bonchev–Trinajstić information content (AvgIpc) is 2.46. The van der Waals surface area contributed by atoms with Crippen LogP contribution in [0.1, 0.15) is 25.8 Å². The summed E-state index contributed by atoms with van der Waals surface area (Å²) in [6.45, 7) is 4.47. The minimum absolute atomic E-state index is 0.269. The van der Waals surface area contributed by atoms with E-state index in [1.54, 1.807) is 6.92 Å². The number of hydrogen-bond acceptors (Lipinski definition) is 4. The molecule has 112 valence electrons. The molecule has 4 atom stereocenters. The van der Waals surface area contributed by atoms with Gasteiger partial charge in [-0.2, -0.15) is 0 Å². The molecule has 0 saturated carbocycles. The number of hydrogen-bond donors (Lipinski definition) is 1. The van der Waals surface area contributed by atoms with Crippen LogP contribution in [-0.2, 0) is 20.8 Å². The second kappa shape index (κ2) is 7.38. The third kappa shape index (κ3) is 3.93. The van der Waals surface area contributed by atoms with Crippen molar-refractivity contribution in [2.45, 2.75) is 51.5 Å². The second-order valence-electron chi connectivity index (χ2n) is 4.95. The summed E-state index contributed by atoms with van der Waals surface area (Å²) in [5, 5.41) is 10.5. The number of aliphatic hydroxyl groups is 1. The molecule has 1 heterocycles. The van der Waals surface area contributed by atoms with Crippen LogP contribution >= 0.6 is 11.6 Å². The summed E-state index contributed by atoms with van der Waals surface area (Å²) in [4.78, 5) is 0. The van der Waals surface area contributed by atoms with Crippen LogP contribution in [0.25, 0.3) is 0 Å². The first-order valence-electron chi connectivity index (χ1n) is 6.92. The SMILES string of the molecule is CC[C@@H]1OC[C@H](OCc2ccccc2Cl)[C@H](C(C)O)O1. The van der Waals surface area contributed by atoms with E-state index in [4.69, 9.17) is 25.8 Å². The van der Waals surface area contributed by atoms with Gasteiger partial charge in [-0.05, 0) is 25.0 Å². The van der Waals surface area contributed by atoms with Crippen molar-refractivity contribution >= 4 is 11.6 Å². The summed E-state index contributed by atoms with van der Waals surface area (Å²) in [6.07, 6.45) is -0.801. The average molecular weight is 301 g/mol. The molecule has 1 aromatic rings. The van der Waals surface area contributed by atoms with Gasteiger partial charge < -0.3 is 19.3 Å². The molecular formula is C15H21ClO4. The van der Waals surface area contributed by atoms with E-state index in [1.165, 1.54) is 0 Å². The highest BCUT2D eigenvalue weighted by atomic mass is 35.5. The Bertz CT molecular complexity index is 424. The molecule has 0 bridgehead atoms. The minimum Gasteiger partial charge on any atom is -0.391 e. The summed E-state index contributed by atoms with van der Waals surface area (Å²) in [7, 11) is 0. The molecule has 5 heteroatoms. The van der Waals surface area contributed by atoms with Gasteiger partial charge >= 0.3 is 0 Å². The van der Waals surface area contributed by atoms with Crippen LogP contribution in [0.5, 0.6) is 0 Å². The van der Waals surface area contributed by atoms with Crippen molar-refractivity contribution in [1.82, 2.24) is 0 Å². The van der Waals surface area contributed by atoms with Gasteiger partial charge in [0.15, 0.2) is 6.29 Å². The molecule has 20 heavy (non-hydrogen) atoms. The van der Waals surface area contributed by atoms with Crippen LogP contribution < -0.4 is 0 Å². The minimum atomic E-state index is -0.607. The van der Waals surface area contributed by atoms with Gasteiger partial charge in [0, 0.05) is 5.02 Å². The lowest BCUT2D eigenvalue weighted by molar-refractivity contribution is -0.279. The first-order chi connectivity index (χ1) is 9.61. The molecule has 1 fully saturated rings. The summed E-state index contributed by atoms with van der Waals surface area (Å²) in [5.41, 5.74) is 0.913. The van der Waals surface area contributed by atoms with E-state index in [-0.39, 0.29) is 18.5 Å². The van der Waals surface area contributed by atoms with Gasteiger partial charge in [0.25, 0.3) is 0 Å². The lowest BCUT2D eigenvalue weighted by Crippen LogP contribution is -2.50. The Balaban J connectivity index is 1.95. The normalized spacial score (nSPS) is 28.3. The highest BCUT2D eigenvalue weighted by Crippen LogP contribution is 2.23. The van der Waals surface area contributed by atoms with Crippen LogP contribution in [-0.4, -0.2) is 36.3 Å².